The fourth-order valence-electron chi connectivity index (χ4n) is 3.48. The fourth-order valence-corrected chi connectivity index (χ4v) is 6.50. The molecule has 0 radical (unpaired) electrons. The second-order valence-corrected chi connectivity index (χ2v) is 11.9. The summed E-state index contributed by atoms with van der Waals surface area (Å²) in [7, 11) is -3.58. The zero-order chi connectivity index (χ0) is 22.7. The number of sulfonamides is 1. The lowest BCUT2D eigenvalue weighted by Crippen LogP contribution is -2.40. The molecule has 11 heteroatoms. The average Bonchev–Trinajstić information content (AvgIpc) is 3.38. The molecule has 1 aliphatic heterocycles. The summed E-state index contributed by atoms with van der Waals surface area (Å²) in [6, 6.07) is 6.99. The molecule has 1 saturated heterocycles. The van der Waals surface area contributed by atoms with E-state index in [9.17, 15) is 8.42 Å². The van der Waals surface area contributed by atoms with Gasteiger partial charge < -0.3 is 9.30 Å². The van der Waals surface area contributed by atoms with E-state index in [1.165, 1.54) is 4.31 Å². The minimum absolute atomic E-state index is 0.267. The topological polar surface area (TPSA) is 90.2 Å². The molecule has 0 amide bonds. The van der Waals surface area contributed by atoms with Crippen molar-refractivity contribution in [3.8, 4) is 11.4 Å². The first-order valence-corrected chi connectivity index (χ1v) is 13.8. The van der Waals surface area contributed by atoms with Gasteiger partial charge in [-0.3, -0.25) is 0 Å². The third-order valence-electron chi connectivity index (χ3n) is 4.98. The number of hydrogen-bond donors (Lipinski definition) is 0. The van der Waals surface area contributed by atoms with Gasteiger partial charge in [0.15, 0.2) is 11.0 Å². The lowest BCUT2D eigenvalue weighted by Gasteiger charge is -2.26. The quantitative estimate of drug-likeness (QED) is 0.442. The maximum absolute atomic E-state index is 13.1. The molecule has 3 aromatic rings. The van der Waals surface area contributed by atoms with Gasteiger partial charge in [0.1, 0.15) is 0 Å². The van der Waals surface area contributed by atoms with E-state index < -0.39 is 10.0 Å². The fraction of sp³-hybridized carbons (Fsp3) is 0.476. The second kappa shape index (κ2) is 10.0. The van der Waals surface area contributed by atoms with Gasteiger partial charge in [0.25, 0.3) is 0 Å². The second-order valence-electron chi connectivity index (χ2n) is 8.00. The number of hydrogen-bond acceptors (Lipinski definition) is 8. The first-order chi connectivity index (χ1) is 15.3. The number of aromatic nitrogens is 4. The summed E-state index contributed by atoms with van der Waals surface area (Å²) in [5, 5.41) is 12.8. The van der Waals surface area contributed by atoms with E-state index in [0.29, 0.717) is 43.8 Å². The Balaban J connectivity index is 1.64. The van der Waals surface area contributed by atoms with Crippen LogP contribution in [0.1, 0.15) is 24.5 Å². The van der Waals surface area contributed by atoms with Crippen molar-refractivity contribution < 1.29 is 13.2 Å². The van der Waals surface area contributed by atoms with Crippen molar-refractivity contribution in [3.63, 3.8) is 0 Å². The van der Waals surface area contributed by atoms with Gasteiger partial charge in [-0.05, 0) is 25.0 Å². The Kier molecular flexibility index (Phi) is 7.30. The summed E-state index contributed by atoms with van der Waals surface area (Å²) >= 11 is 3.23. The van der Waals surface area contributed by atoms with Crippen LogP contribution in [0.5, 0.6) is 0 Å². The Labute approximate surface area is 197 Å². The predicted molar refractivity (Wildman–Crippen MR) is 126 cm³/mol. The number of ether oxygens (including phenoxy) is 1. The molecule has 32 heavy (non-hydrogen) atoms. The standard InChI is InChI=1S/C21H27N5O3S3/c1-15(2)12-26-20(23-24-21(26)31-14-18-13-30-16(3)22-18)17-5-4-6-19(11-17)32(27,28)25-7-9-29-10-8-25/h4-6,11,13,15H,7-10,12,14H2,1-3H3. The zero-order valence-electron chi connectivity index (χ0n) is 18.4. The van der Waals surface area contributed by atoms with Gasteiger partial charge in [-0.15, -0.1) is 21.5 Å². The molecule has 172 valence electrons. The van der Waals surface area contributed by atoms with Crippen molar-refractivity contribution in [1.29, 1.82) is 0 Å². The van der Waals surface area contributed by atoms with Gasteiger partial charge in [0.2, 0.25) is 10.0 Å². The molecule has 0 N–H and O–H groups in total. The van der Waals surface area contributed by atoms with Crippen LogP contribution >= 0.6 is 23.1 Å². The Hall–Kier alpha value is -1.79. The number of rotatable bonds is 8. The summed E-state index contributed by atoms with van der Waals surface area (Å²) in [5.74, 6) is 1.77. The maximum Gasteiger partial charge on any atom is 0.243 e. The normalized spacial score (nSPS) is 15.5. The minimum atomic E-state index is -3.58. The van der Waals surface area contributed by atoms with E-state index in [1.807, 2.05) is 13.0 Å². The third kappa shape index (κ3) is 5.23. The lowest BCUT2D eigenvalue weighted by atomic mass is 10.2. The summed E-state index contributed by atoms with van der Waals surface area (Å²) in [6.07, 6.45) is 0. The molecule has 2 aromatic heterocycles. The van der Waals surface area contributed by atoms with Gasteiger partial charge in [-0.1, -0.05) is 37.7 Å². The molecule has 4 rings (SSSR count). The summed E-state index contributed by atoms with van der Waals surface area (Å²) < 4.78 is 35.1. The SMILES string of the molecule is Cc1nc(CSc2nnc(-c3cccc(S(=O)(=O)N4CCOCC4)c3)n2CC(C)C)cs1. The predicted octanol–water partition coefficient (Wildman–Crippen LogP) is 3.68. The number of nitrogens with zero attached hydrogens (tertiary/aromatic N) is 5. The Morgan fingerprint density at radius 1 is 1.22 bits per heavy atom. The van der Waals surface area contributed by atoms with E-state index >= 15 is 0 Å². The molecule has 0 aliphatic carbocycles. The van der Waals surface area contributed by atoms with Crippen LogP contribution in [0.3, 0.4) is 0 Å². The third-order valence-corrected chi connectivity index (χ3v) is 8.70. The van der Waals surface area contributed by atoms with E-state index in [0.717, 1.165) is 28.0 Å². The molecule has 0 atom stereocenters. The average molecular weight is 494 g/mol. The maximum atomic E-state index is 13.1. The van der Waals surface area contributed by atoms with Crippen LogP contribution in [0.25, 0.3) is 11.4 Å². The minimum Gasteiger partial charge on any atom is -0.379 e. The highest BCUT2D eigenvalue weighted by Gasteiger charge is 2.27. The van der Waals surface area contributed by atoms with Crippen molar-refractivity contribution in [2.45, 2.75) is 43.1 Å². The van der Waals surface area contributed by atoms with Gasteiger partial charge in [0.05, 0.1) is 28.8 Å². The number of thiazole rings is 1. The first kappa shape index (κ1) is 23.4. The van der Waals surface area contributed by atoms with Crippen LogP contribution in [0.2, 0.25) is 0 Å². The van der Waals surface area contributed by atoms with Gasteiger partial charge in [-0.25, -0.2) is 13.4 Å². The smallest absolute Gasteiger partial charge is 0.243 e. The molecular formula is C21H27N5O3S3. The van der Waals surface area contributed by atoms with Crippen LogP contribution in [0.15, 0.2) is 39.7 Å². The van der Waals surface area contributed by atoms with Crippen LogP contribution in [-0.2, 0) is 27.1 Å². The largest absolute Gasteiger partial charge is 0.379 e. The molecule has 0 unspecified atom stereocenters. The van der Waals surface area contributed by atoms with Crippen LogP contribution in [0.4, 0.5) is 0 Å². The molecule has 1 aromatic carbocycles. The molecule has 3 heterocycles. The van der Waals surface area contributed by atoms with Crippen molar-refractivity contribution >= 4 is 33.1 Å². The number of thioether (sulfide) groups is 1. The van der Waals surface area contributed by atoms with Crippen molar-refractivity contribution in [2.75, 3.05) is 26.3 Å². The highest BCUT2D eigenvalue weighted by molar-refractivity contribution is 7.98. The number of aryl methyl sites for hydroxylation is 1. The van der Waals surface area contributed by atoms with E-state index in [1.54, 1.807) is 41.3 Å². The van der Waals surface area contributed by atoms with Crippen LogP contribution in [-0.4, -0.2) is 58.8 Å². The first-order valence-electron chi connectivity index (χ1n) is 10.5. The van der Waals surface area contributed by atoms with E-state index in [-0.39, 0.29) is 4.90 Å². The van der Waals surface area contributed by atoms with Gasteiger partial charge in [-0.2, -0.15) is 4.31 Å². The Morgan fingerprint density at radius 3 is 2.69 bits per heavy atom. The molecule has 1 fully saturated rings. The molecule has 8 nitrogen and oxygen atoms in total. The number of benzene rings is 1. The van der Waals surface area contributed by atoms with Crippen molar-refractivity contribution in [3.05, 3.63) is 40.3 Å². The Bertz CT molecular complexity index is 1170. The molecule has 1 aliphatic rings. The van der Waals surface area contributed by atoms with Crippen molar-refractivity contribution in [1.82, 2.24) is 24.1 Å². The van der Waals surface area contributed by atoms with E-state index in [2.05, 4.69) is 39.0 Å². The zero-order valence-corrected chi connectivity index (χ0v) is 20.8. The monoisotopic (exact) mass is 493 g/mol. The van der Waals surface area contributed by atoms with Crippen LogP contribution in [0, 0.1) is 12.8 Å². The van der Waals surface area contributed by atoms with E-state index in [4.69, 9.17) is 4.74 Å². The molecule has 0 saturated carbocycles. The summed E-state index contributed by atoms with van der Waals surface area (Å²) in [6.45, 7) is 8.58. The lowest BCUT2D eigenvalue weighted by molar-refractivity contribution is 0.0730. The van der Waals surface area contributed by atoms with Crippen LogP contribution < -0.4 is 0 Å². The highest BCUT2D eigenvalue weighted by atomic mass is 32.2. The number of morpholine rings is 1. The molecule has 0 bridgehead atoms. The van der Waals surface area contributed by atoms with Crippen molar-refractivity contribution in [2.24, 2.45) is 5.92 Å². The molecule has 0 spiro atoms. The Morgan fingerprint density at radius 2 is 2.00 bits per heavy atom. The van der Waals surface area contributed by atoms with Gasteiger partial charge in [0, 0.05) is 36.3 Å². The van der Waals surface area contributed by atoms with Gasteiger partial charge >= 0.3 is 0 Å². The highest BCUT2D eigenvalue weighted by Crippen LogP contribution is 2.29. The summed E-state index contributed by atoms with van der Waals surface area (Å²) in [5.41, 5.74) is 1.76. The molecular weight excluding hydrogens is 466 g/mol. The summed E-state index contributed by atoms with van der Waals surface area (Å²) in [4.78, 5) is 4.79.